The Morgan fingerprint density at radius 3 is 2.62 bits per heavy atom. The van der Waals surface area contributed by atoms with E-state index in [0.717, 1.165) is 25.9 Å². The molecule has 1 atom stereocenters. The quantitative estimate of drug-likeness (QED) is 0.725. The third-order valence-electron chi connectivity index (χ3n) is 3.58. The molecule has 21 heavy (non-hydrogen) atoms. The number of anilines is 1. The molecule has 0 saturated heterocycles. The Bertz CT molecular complexity index is 490. The Hall–Kier alpha value is -1.46. The second-order valence-electron chi connectivity index (χ2n) is 5.06. The van der Waals surface area contributed by atoms with Gasteiger partial charge in [0.2, 0.25) is 5.91 Å². The minimum Gasteiger partial charge on any atom is -0.389 e. The van der Waals surface area contributed by atoms with Gasteiger partial charge in [0.05, 0.1) is 11.7 Å². The molecule has 0 fully saturated rings. The molecule has 3 N–H and O–H groups in total. The van der Waals surface area contributed by atoms with Gasteiger partial charge in [-0.1, -0.05) is 44.6 Å². The molecule has 1 amide bonds. The van der Waals surface area contributed by atoms with Crippen molar-refractivity contribution in [3.63, 3.8) is 0 Å². The average Bonchev–Trinajstić information content (AvgIpc) is 2.48. The first-order valence-electron chi connectivity index (χ1n) is 7.45. The molecule has 1 rings (SSSR count). The van der Waals surface area contributed by atoms with Crippen LogP contribution in [-0.4, -0.2) is 34.9 Å². The minimum absolute atomic E-state index is 0.0309. The average molecular weight is 307 g/mol. The molecular formula is C16H25N3OS. The second-order valence-corrected chi connectivity index (χ2v) is 5.50. The Balaban J connectivity index is 2.78. The fraction of sp³-hybridized carbons (Fsp3) is 0.500. The number of para-hydroxylation sites is 1. The zero-order chi connectivity index (χ0) is 15.8. The number of hydrogen-bond donors (Lipinski definition) is 2. The summed E-state index contributed by atoms with van der Waals surface area (Å²) in [5.41, 5.74) is 7.06. The molecular weight excluding hydrogens is 282 g/mol. The van der Waals surface area contributed by atoms with Crippen molar-refractivity contribution in [2.45, 2.75) is 39.7 Å². The number of carbonyl (C=O) groups excluding carboxylic acids is 1. The van der Waals surface area contributed by atoms with Gasteiger partial charge >= 0.3 is 0 Å². The van der Waals surface area contributed by atoms with E-state index in [0.29, 0.717) is 11.3 Å². The SMILES string of the molecule is CCCCN(CC)C(C)C(=O)Nc1ccccc1C(N)=S. The van der Waals surface area contributed by atoms with Crippen LogP contribution in [0.4, 0.5) is 5.69 Å². The van der Waals surface area contributed by atoms with Crippen LogP contribution in [0.5, 0.6) is 0 Å². The molecule has 1 unspecified atom stereocenters. The van der Waals surface area contributed by atoms with Crippen LogP contribution < -0.4 is 11.1 Å². The zero-order valence-electron chi connectivity index (χ0n) is 13.1. The van der Waals surface area contributed by atoms with E-state index in [1.54, 1.807) is 0 Å². The summed E-state index contributed by atoms with van der Waals surface area (Å²) in [4.78, 5) is 14.9. The van der Waals surface area contributed by atoms with Crippen molar-refractivity contribution in [3.8, 4) is 0 Å². The molecule has 0 aromatic heterocycles. The van der Waals surface area contributed by atoms with Crippen LogP contribution in [0, 0.1) is 0 Å². The lowest BCUT2D eigenvalue weighted by Gasteiger charge is -2.27. The fourth-order valence-electron chi connectivity index (χ4n) is 2.20. The zero-order valence-corrected chi connectivity index (χ0v) is 13.9. The van der Waals surface area contributed by atoms with E-state index in [-0.39, 0.29) is 16.9 Å². The Morgan fingerprint density at radius 1 is 1.38 bits per heavy atom. The lowest BCUT2D eigenvalue weighted by atomic mass is 10.1. The predicted molar refractivity (Wildman–Crippen MR) is 92.6 cm³/mol. The van der Waals surface area contributed by atoms with Gasteiger partial charge in [-0.2, -0.15) is 0 Å². The minimum atomic E-state index is -0.180. The summed E-state index contributed by atoms with van der Waals surface area (Å²) in [5, 5.41) is 2.93. The first kappa shape index (κ1) is 17.6. The number of thiocarbonyl (C=S) groups is 1. The standard InChI is InChI=1S/C16H25N3OS/c1-4-6-11-19(5-2)12(3)16(20)18-14-10-8-7-9-13(14)15(17)21/h7-10,12H,4-6,11H2,1-3H3,(H2,17,21)(H,18,20). The third kappa shape index (κ3) is 5.10. The number of nitrogens with one attached hydrogen (secondary N) is 1. The maximum absolute atomic E-state index is 12.4. The molecule has 5 heteroatoms. The molecule has 1 aromatic carbocycles. The number of likely N-dealkylation sites (N-methyl/N-ethyl adjacent to an activating group) is 1. The molecule has 0 radical (unpaired) electrons. The van der Waals surface area contributed by atoms with Crippen LogP contribution in [0.1, 0.15) is 39.2 Å². The molecule has 0 spiro atoms. The van der Waals surface area contributed by atoms with Crippen molar-refractivity contribution >= 4 is 28.8 Å². The van der Waals surface area contributed by atoms with Gasteiger partial charge in [-0.15, -0.1) is 0 Å². The number of carbonyl (C=O) groups is 1. The van der Waals surface area contributed by atoms with Gasteiger partial charge < -0.3 is 11.1 Å². The monoisotopic (exact) mass is 307 g/mol. The number of nitrogens with two attached hydrogens (primary N) is 1. The number of nitrogens with zero attached hydrogens (tertiary/aromatic N) is 1. The Labute approximate surface area is 132 Å². The van der Waals surface area contributed by atoms with Crippen molar-refractivity contribution in [2.75, 3.05) is 18.4 Å². The highest BCUT2D eigenvalue weighted by molar-refractivity contribution is 7.80. The molecule has 0 saturated carbocycles. The lowest BCUT2D eigenvalue weighted by molar-refractivity contribution is -0.120. The van der Waals surface area contributed by atoms with E-state index in [2.05, 4.69) is 24.1 Å². The summed E-state index contributed by atoms with van der Waals surface area (Å²) in [5.74, 6) is -0.0309. The molecule has 0 aliphatic rings. The first-order valence-corrected chi connectivity index (χ1v) is 7.85. The number of rotatable bonds is 8. The predicted octanol–water partition coefficient (Wildman–Crippen LogP) is 2.77. The molecule has 116 valence electrons. The van der Waals surface area contributed by atoms with Crippen molar-refractivity contribution in [3.05, 3.63) is 29.8 Å². The largest absolute Gasteiger partial charge is 0.389 e. The van der Waals surface area contributed by atoms with Crippen LogP contribution in [0.3, 0.4) is 0 Å². The van der Waals surface area contributed by atoms with Crippen molar-refractivity contribution < 1.29 is 4.79 Å². The molecule has 0 bridgehead atoms. The van der Waals surface area contributed by atoms with Crippen molar-refractivity contribution in [1.29, 1.82) is 0 Å². The van der Waals surface area contributed by atoms with E-state index < -0.39 is 0 Å². The summed E-state index contributed by atoms with van der Waals surface area (Å²) in [6.45, 7) is 7.93. The summed E-state index contributed by atoms with van der Waals surface area (Å²) >= 11 is 5.02. The first-order chi connectivity index (χ1) is 10.0. The molecule has 0 heterocycles. The topological polar surface area (TPSA) is 58.4 Å². The van der Waals surface area contributed by atoms with E-state index in [9.17, 15) is 4.79 Å². The highest BCUT2D eigenvalue weighted by atomic mass is 32.1. The van der Waals surface area contributed by atoms with Gasteiger partial charge in [-0.25, -0.2) is 0 Å². The van der Waals surface area contributed by atoms with E-state index in [1.165, 1.54) is 0 Å². The van der Waals surface area contributed by atoms with Crippen LogP contribution in [0.15, 0.2) is 24.3 Å². The molecule has 1 aromatic rings. The number of hydrogen-bond acceptors (Lipinski definition) is 3. The summed E-state index contributed by atoms with van der Waals surface area (Å²) in [6, 6.07) is 7.17. The molecule has 0 aliphatic heterocycles. The fourth-order valence-corrected chi connectivity index (χ4v) is 2.37. The van der Waals surface area contributed by atoms with Gasteiger partial charge in [0, 0.05) is 5.56 Å². The van der Waals surface area contributed by atoms with E-state index in [4.69, 9.17) is 18.0 Å². The van der Waals surface area contributed by atoms with Crippen LogP contribution in [0.25, 0.3) is 0 Å². The van der Waals surface area contributed by atoms with Crippen LogP contribution in [0.2, 0.25) is 0 Å². The Kier molecular flexibility index (Phi) is 7.32. The smallest absolute Gasteiger partial charge is 0.241 e. The maximum Gasteiger partial charge on any atom is 0.241 e. The van der Waals surface area contributed by atoms with Gasteiger partial charge in [0.15, 0.2) is 0 Å². The molecule has 0 aliphatic carbocycles. The highest BCUT2D eigenvalue weighted by Crippen LogP contribution is 2.16. The van der Waals surface area contributed by atoms with Crippen LogP contribution in [-0.2, 0) is 4.79 Å². The van der Waals surface area contributed by atoms with Gasteiger partial charge in [0.1, 0.15) is 4.99 Å². The van der Waals surface area contributed by atoms with Crippen molar-refractivity contribution in [2.24, 2.45) is 5.73 Å². The highest BCUT2D eigenvalue weighted by Gasteiger charge is 2.20. The third-order valence-corrected chi connectivity index (χ3v) is 3.80. The van der Waals surface area contributed by atoms with Gasteiger partial charge in [-0.05, 0) is 38.6 Å². The maximum atomic E-state index is 12.4. The van der Waals surface area contributed by atoms with E-state index in [1.807, 2.05) is 31.2 Å². The summed E-state index contributed by atoms with van der Waals surface area (Å²) in [7, 11) is 0. The van der Waals surface area contributed by atoms with Crippen molar-refractivity contribution in [1.82, 2.24) is 4.90 Å². The number of benzene rings is 1. The number of unbranched alkanes of at least 4 members (excludes halogenated alkanes) is 1. The number of amides is 1. The normalized spacial score (nSPS) is 12.2. The summed E-state index contributed by atoms with van der Waals surface area (Å²) in [6.07, 6.45) is 2.21. The Morgan fingerprint density at radius 2 is 2.05 bits per heavy atom. The molecule has 4 nitrogen and oxygen atoms in total. The second kappa shape index (κ2) is 8.74. The van der Waals surface area contributed by atoms with Crippen LogP contribution >= 0.6 is 12.2 Å². The van der Waals surface area contributed by atoms with E-state index >= 15 is 0 Å². The lowest BCUT2D eigenvalue weighted by Crippen LogP contribution is -2.42. The van der Waals surface area contributed by atoms with Gasteiger partial charge in [-0.3, -0.25) is 9.69 Å². The summed E-state index contributed by atoms with van der Waals surface area (Å²) < 4.78 is 0. The van der Waals surface area contributed by atoms with Gasteiger partial charge in [0.25, 0.3) is 0 Å².